The molecule has 0 aliphatic heterocycles. The summed E-state index contributed by atoms with van der Waals surface area (Å²) in [6, 6.07) is 12.7. The molecular weight excluding hydrogens is 340 g/mol. The Labute approximate surface area is 129 Å². The fourth-order valence-corrected chi connectivity index (χ4v) is 2.24. The van der Waals surface area contributed by atoms with Crippen molar-refractivity contribution in [1.29, 1.82) is 0 Å². The van der Waals surface area contributed by atoms with Crippen LogP contribution in [-0.4, -0.2) is 5.71 Å². The van der Waals surface area contributed by atoms with Gasteiger partial charge in [0, 0.05) is 26.3 Å². The normalized spacial score (nSPS) is 11.1. The molecule has 100 valence electrons. The number of benzene rings is 2. The highest BCUT2D eigenvalue weighted by molar-refractivity contribution is 9.10. The van der Waals surface area contributed by atoms with Crippen molar-refractivity contribution in [2.75, 3.05) is 0 Å². The van der Waals surface area contributed by atoms with Crippen molar-refractivity contribution in [3.8, 4) is 0 Å². The minimum absolute atomic E-state index is 0.544. The molecule has 0 aromatic heterocycles. The molecular formula is C14H10BrClN4. The third kappa shape index (κ3) is 3.39. The minimum atomic E-state index is 0.544. The Morgan fingerprint density at radius 2 is 1.95 bits per heavy atom. The standard InChI is InChI=1S/C14H10BrClN4/c1-9(11-4-2-3-5-13(11)19-20-17)18-14-8-10(15)6-7-12(14)16/h2-8H,1H3/b18-9+. The predicted molar refractivity (Wildman–Crippen MR) is 86.3 cm³/mol. The average Bonchev–Trinajstić information content (AvgIpc) is 2.44. The van der Waals surface area contributed by atoms with Gasteiger partial charge in [-0.1, -0.05) is 56.9 Å². The maximum Gasteiger partial charge on any atom is 0.0830 e. The Morgan fingerprint density at radius 1 is 1.20 bits per heavy atom. The number of rotatable bonds is 3. The lowest BCUT2D eigenvalue weighted by molar-refractivity contribution is 1.42. The van der Waals surface area contributed by atoms with Gasteiger partial charge in [-0.05, 0) is 30.7 Å². The summed E-state index contributed by atoms with van der Waals surface area (Å²) >= 11 is 9.51. The van der Waals surface area contributed by atoms with Crippen LogP contribution in [0.5, 0.6) is 0 Å². The molecule has 0 radical (unpaired) electrons. The van der Waals surface area contributed by atoms with E-state index < -0.39 is 0 Å². The molecule has 2 rings (SSSR count). The quantitative estimate of drug-likeness (QED) is 0.275. The van der Waals surface area contributed by atoms with Crippen LogP contribution in [0.25, 0.3) is 10.4 Å². The fraction of sp³-hybridized carbons (Fsp3) is 0.0714. The van der Waals surface area contributed by atoms with Gasteiger partial charge in [0.05, 0.1) is 10.7 Å². The number of hydrogen-bond acceptors (Lipinski definition) is 2. The van der Waals surface area contributed by atoms with Crippen LogP contribution >= 0.6 is 27.5 Å². The van der Waals surface area contributed by atoms with E-state index in [-0.39, 0.29) is 0 Å². The Kier molecular flexibility index (Phi) is 4.79. The van der Waals surface area contributed by atoms with Gasteiger partial charge in [-0.2, -0.15) is 0 Å². The van der Waals surface area contributed by atoms with E-state index in [1.165, 1.54) is 0 Å². The van der Waals surface area contributed by atoms with Crippen molar-refractivity contribution >= 4 is 44.6 Å². The molecule has 0 saturated carbocycles. The number of hydrogen-bond donors (Lipinski definition) is 0. The lowest BCUT2D eigenvalue weighted by Gasteiger charge is -2.06. The molecule has 0 amide bonds. The maximum atomic E-state index is 8.59. The van der Waals surface area contributed by atoms with Crippen molar-refractivity contribution in [2.24, 2.45) is 10.1 Å². The van der Waals surface area contributed by atoms with Gasteiger partial charge in [-0.15, -0.1) is 0 Å². The van der Waals surface area contributed by atoms with Gasteiger partial charge in [0.1, 0.15) is 0 Å². The maximum absolute atomic E-state index is 8.59. The zero-order valence-corrected chi connectivity index (χ0v) is 12.9. The molecule has 2 aromatic rings. The molecule has 0 fully saturated rings. The third-order valence-corrected chi connectivity index (χ3v) is 3.46. The lowest BCUT2D eigenvalue weighted by atomic mass is 10.1. The van der Waals surface area contributed by atoms with E-state index >= 15 is 0 Å². The summed E-state index contributed by atoms with van der Waals surface area (Å²) in [6.45, 7) is 1.85. The molecule has 0 unspecified atom stereocenters. The number of aliphatic imine (C=N–C) groups is 1. The second-order valence-corrected chi connectivity index (χ2v) is 5.32. The zero-order valence-electron chi connectivity index (χ0n) is 10.6. The molecule has 0 aliphatic rings. The molecule has 0 atom stereocenters. The summed E-state index contributed by atoms with van der Waals surface area (Å²) in [7, 11) is 0. The first-order valence-electron chi connectivity index (χ1n) is 5.76. The van der Waals surface area contributed by atoms with Gasteiger partial charge in [-0.25, -0.2) is 0 Å². The van der Waals surface area contributed by atoms with Crippen LogP contribution in [0.4, 0.5) is 11.4 Å². The van der Waals surface area contributed by atoms with E-state index in [2.05, 4.69) is 30.9 Å². The van der Waals surface area contributed by atoms with E-state index in [0.29, 0.717) is 16.4 Å². The van der Waals surface area contributed by atoms with Crippen molar-refractivity contribution in [3.05, 3.63) is 68.0 Å². The van der Waals surface area contributed by atoms with Gasteiger partial charge < -0.3 is 0 Å². The van der Waals surface area contributed by atoms with E-state index in [9.17, 15) is 0 Å². The van der Waals surface area contributed by atoms with E-state index in [0.717, 1.165) is 15.7 Å². The van der Waals surface area contributed by atoms with Crippen LogP contribution in [-0.2, 0) is 0 Å². The van der Waals surface area contributed by atoms with Crippen molar-refractivity contribution in [3.63, 3.8) is 0 Å². The van der Waals surface area contributed by atoms with Crippen molar-refractivity contribution < 1.29 is 0 Å². The van der Waals surface area contributed by atoms with Crippen LogP contribution < -0.4 is 0 Å². The first-order chi connectivity index (χ1) is 9.61. The van der Waals surface area contributed by atoms with E-state index in [1.54, 1.807) is 12.1 Å². The number of nitrogens with zero attached hydrogens (tertiary/aromatic N) is 4. The van der Waals surface area contributed by atoms with Gasteiger partial charge in [0.15, 0.2) is 0 Å². The molecule has 0 saturated heterocycles. The summed E-state index contributed by atoms with van der Waals surface area (Å²) in [5, 5.41) is 4.23. The van der Waals surface area contributed by atoms with Crippen LogP contribution in [0.15, 0.2) is 57.0 Å². The van der Waals surface area contributed by atoms with Gasteiger partial charge in [0.2, 0.25) is 0 Å². The topological polar surface area (TPSA) is 61.1 Å². The largest absolute Gasteiger partial charge is 0.252 e. The predicted octanol–water partition coefficient (Wildman–Crippen LogP) is 6.19. The first kappa shape index (κ1) is 14.6. The van der Waals surface area contributed by atoms with Crippen LogP contribution in [0.2, 0.25) is 5.02 Å². The molecule has 4 nitrogen and oxygen atoms in total. The Morgan fingerprint density at radius 3 is 2.70 bits per heavy atom. The van der Waals surface area contributed by atoms with Gasteiger partial charge >= 0.3 is 0 Å². The molecule has 0 spiro atoms. The van der Waals surface area contributed by atoms with Gasteiger partial charge in [-0.3, -0.25) is 4.99 Å². The second kappa shape index (κ2) is 6.57. The highest BCUT2D eigenvalue weighted by atomic mass is 79.9. The Balaban J connectivity index is 2.50. The molecule has 0 bridgehead atoms. The number of azide groups is 1. The monoisotopic (exact) mass is 348 g/mol. The summed E-state index contributed by atoms with van der Waals surface area (Å²) in [4.78, 5) is 7.33. The highest BCUT2D eigenvalue weighted by Gasteiger charge is 2.05. The van der Waals surface area contributed by atoms with E-state index in [1.807, 2.05) is 37.3 Å². The Hall–Kier alpha value is -1.81. The molecule has 0 aliphatic carbocycles. The highest BCUT2D eigenvalue weighted by Crippen LogP contribution is 2.30. The molecule has 2 aromatic carbocycles. The fourth-order valence-electron chi connectivity index (χ4n) is 1.73. The van der Waals surface area contributed by atoms with Gasteiger partial charge in [0.25, 0.3) is 0 Å². The third-order valence-electron chi connectivity index (χ3n) is 2.64. The average molecular weight is 350 g/mol. The van der Waals surface area contributed by atoms with Crippen LogP contribution in [0.3, 0.4) is 0 Å². The molecule has 0 heterocycles. The smallest absolute Gasteiger partial charge is 0.0830 e. The number of halogens is 2. The molecule has 0 N–H and O–H groups in total. The van der Waals surface area contributed by atoms with Crippen LogP contribution in [0.1, 0.15) is 12.5 Å². The summed E-state index contributed by atoms with van der Waals surface area (Å²) < 4.78 is 0.900. The second-order valence-electron chi connectivity index (χ2n) is 4.00. The van der Waals surface area contributed by atoms with Crippen LogP contribution in [0, 0.1) is 0 Å². The van der Waals surface area contributed by atoms with Crippen molar-refractivity contribution in [1.82, 2.24) is 0 Å². The summed E-state index contributed by atoms with van der Waals surface area (Å²) in [6.07, 6.45) is 0. The Bertz CT molecular complexity index is 721. The minimum Gasteiger partial charge on any atom is -0.252 e. The molecule has 6 heteroatoms. The zero-order chi connectivity index (χ0) is 14.5. The lowest BCUT2D eigenvalue weighted by Crippen LogP contribution is -1.94. The summed E-state index contributed by atoms with van der Waals surface area (Å²) in [5.74, 6) is 0. The first-order valence-corrected chi connectivity index (χ1v) is 6.94. The molecule has 20 heavy (non-hydrogen) atoms. The summed E-state index contributed by atoms with van der Waals surface area (Å²) in [5.41, 5.74) is 11.3. The SMILES string of the molecule is C/C(=N\c1cc(Br)ccc1Cl)c1ccccc1N=[N+]=[N-]. The van der Waals surface area contributed by atoms with Crippen molar-refractivity contribution in [2.45, 2.75) is 6.92 Å². The van der Waals surface area contributed by atoms with E-state index in [4.69, 9.17) is 17.1 Å².